The van der Waals surface area contributed by atoms with Gasteiger partial charge in [0.25, 0.3) is 0 Å². The van der Waals surface area contributed by atoms with Crippen molar-refractivity contribution in [1.82, 2.24) is 9.80 Å². The first kappa shape index (κ1) is 21.6. The highest BCUT2D eigenvalue weighted by Gasteiger charge is 2.38. The maximum Gasteiger partial charge on any atom is 0.416 e. The summed E-state index contributed by atoms with van der Waals surface area (Å²) in [6, 6.07) is 4.46. The molecule has 0 aromatic heterocycles. The van der Waals surface area contributed by atoms with E-state index in [4.69, 9.17) is 0 Å². The summed E-state index contributed by atoms with van der Waals surface area (Å²) in [6.45, 7) is 7.19. The molecule has 3 rings (SSSR count). The normalized spacial score (nSPS) is 21.3. The number of rotatable bonds is 5. The first-order valence-corrected chi connectivity index (χ1v) is 10.2. The Kier molecular flexibility index (Phi) is 6.51. The molecule has 29 heavy (non-hydrogen) atoms. The van der Waals surface area contributed by atoms with E-state index >= 15 is 0 Å². The summed E-state index contributed by atoms with van der Waals surface area (Å²) >= 11 is 0. The van der Waals surface area contributed by atoms with Gasteiger partial charge in [0.1, 0.15) is 0 Å². The third kappa shape index (κ3) is 5.10. The number of nitrogens with zero attached hydrogens (tertiary/aromatic N) is 3. The summed E-state index contributed by atoms with van der Waals surface area (Å²) in [5.74, 6) is 0.583. The molecular weight excluding hydrogens is 383 g/mol. The van der Waals surface area contributed by atoms with Crippen LogP contribution in [0.5, 0.6) is 0 Å². The molecular formula is C21H28F3N3O2. The van der Waals surface area contributed by atoms with E-state index in [2.05, 4.69) is 18.7 Å². The van der Waals surface area contributed by atoms with E-state index in [-0.39, 0.29) is 17.9 Å². The number of hydrogen-bond donors (Lipinski definition) is 0. The Morgan fingerprint density at radius 2 is 1.69 bits per heavy atom. The van der Waals surface area contributed by atoms with Crippen LogP contribution in [0.1, 0.15) is 38.7 Å². The van der Waals surface area contributed by atoms with Gasteiger partial charge in [-0.25, -0.2) is 0 Å². The van der Waals surface area contributed by atoms with Gasteiger partial charge in [-0.2, -0.15) is 13.2 Å². The lowest BCUT2D eigenvalue weighted by molar-refractivity contribution is -0.137. The summed E-state index contributed by atoms with van der Waals surface area (Å²) in [6.07, 6.45) is -2.31. The van der Waals surface area contributed by atoms with E-state index in [9.17, 15) is 22.8 Å². The number of piperazine rings is 1. The zero-order chi connectivity index (χ0) is 21.2. The van der Waals surface area contributed by atoms with Crippen LogP contribution >= 0.6 is 0 Å². The molecule has 1 aromatic rings. The molecule has 0 N–H and O–H groups in total. The van der Waals surface area contributed by atoms with Crippen molar-refractivity contribution in [3.05, 3.63) is 29.8 Å². The van der Waals surface area contributed by atoms with E-state index in [1.807, 2.05) is 4.90 Å². The molecule has 1 unspecified atom stereocenters. The largest absolute Gasteiger partial charge is 0.416 e. The van der Waals surface area contributed by atoms with Crippen LogP contribution in [0.15, 0.2) is 24.3 Å². The summed E-state index contributed by atoms with van der Waals surface area (Å²) in [5.41, 5.74) is -0.226. The molecule has 0 saturated carbocycles. The Bertz CT molecular complexity index is 726. The molecule has 2 amide bonds. The summed E-state index contributed by atoms with van der Waals surface area (Å²) in [5, 5.41) is 0. The van der Waals surface area contributed by atoms with Gasteiger partial charge in [-0.05, 0) is 43.0 Å². The maximum absolute atomic E-state index is 12.9. The highest BCUT2D eigenvalue weighted by atomic mass is 19.4. The molecule has 0 radical (unpaired) electrons. The molecule has 160 valence electrons. The maximum atomic E-state index is 12.9. The lowest BCUT2D eigenvalue weighted by atomic mass is 10.1. The van der Waals surface area contributed by atoms with Gasteiger partial charge in [-0.1, -0.05) is 13.8 Å². The Balaban J connectivity index is 1.55. The first-order chi connectivity index (χ1) is 13.7. The number of halogens is 3. The fraction of sp³-hybridized carbons (Fsp3) is 0.619. The molecule has 0 spiro atoms. The van der Waals surface area contributed by atoms with Crippen LogP contribution < -0.4 is 4.90 Å². The highest BCUT2D eigenvalue weighted by Crippen LogP contribution is 2.32. The van der Waals surface area contributed by atoms with Crippen molar-refractivity contribution in [2.45, 2.75) is 45.3 Å². The number of anilines is 1. The zero-order valence-electron chi connectivity index (χ0n) is 16.9. The fourth-order valence-electron chi connectivity index (χ4n) is 3.94. The fourth-order valence-corrected chi connectivity index (χ4v) is 3.94. The second kappa shape index (κ2) is 8.73. The lowest BCUT2D eigenvalue weighted by Crippen LogP contribution is -2.53. The van der Waals surface area contributed by atoms with Gasteiger partial charge in [-0.15, -0.1) is 0 Å². The number of alkyl halides is 3. The van der Waals surface area contributed by atoms with Crippen molar-refractivity contribution >= 4 is 17.5 Å². The predicted molar refractivity (Wildman–Crippen MR) is 104 cm³/mol. The van der Waals surface area contributed by atoms with Gasteiger partial charge in [0, 0.05) is 44.8 Å². The Morgan fingerprint density at radius 1 is 1.07 bits per heavy atom. The SMILES string of the molecule is CC(C)CCC(=O)N1CCN(C2CCN(c3ccc(C(F)(F)F)cc3)C2=O)CC1. The molecule has 1 atom stereocenters. The highest BCUT2D eigenvalue weighted by molar-refractivity contribution is 5.99. The van der Waals surface area contributed by atoms with Crippen molar-refractivity contribution in [1.29, 1.82) is 0 Å². The van der Waals surface area contributed by atoms with E-state index in [1.165, 1.54) is 12.1 Å². The van der Waals surface area contributed by atoms with Gasteiger partial charge in [0.2, 0.25) is 11.8 Å². The van der Waals surface area contributed by atoms with Gasteiger partial charge in [-0.3, -0.25) is 14.5 Å². The van der Waals surface area contributed by atoms with Crippen LogP contribution in [-0.4, -0.2) is 60.4 Å². The van der Waals surface area contributed by atoms with Crippen LogP contribution in [0.4, 0.5) is 18.9 Å². The standard InChI is InChI=1S/C21H28F3N3O2/c1-15(2)3-8-19(28)26-13-11-25(12-14-26)18-9-10-27(20(18)29)17-6-4-16(5-7-17)21(22,23)24/h4-7,15,18H,3,8-14H2,1-2H3. The van der Waals surface area contributed by atoms with Gasteiger partial charge in [0.15, 0.2) is 0 Å². The number of carbonyl (C=O) groups excluding carboxylic acids is 2. The van der Waals surface area contributed by atoms with Crippen LogP contribution in [0.3, 0.4) is 0 Å². The molecule has 2 fully saturated rings. The van der Waals surface area contributed by atoms with Gasteiger partial charge in [0.05, 0.1) is 11.6 Å². The first-order valence-electron chi connectivity index (χ1n) is 10.2. The minimum atomic E-state index is -4.39. The molecule has 8 heteroatoms. The van der Waals surface area contributed by atoms with Crippen molar-refractivity contribution in [2.75, 3.05) is 37.6 Å². The average Bonchev–Trinajstić information content (AvgIpc) is 3.07. The number of carbonyl (C=O) groups is 2. The monoisotopic (exact) mass is 411 g/mol. The summed E-state index contributed by atoms with van der Waals surface area (Å²) < 4.78 is 38.2. The van der Waals surface area contributed by atoms with Crippen LogP contribution in [-0.2, 0) is 15.8 Å². The second-order valence-corrected chi connectivity index (χ2v) is 8.19. The van der Waals surface area contributed by atoms with Crippen molar-refractivity contribution < 1.29 is 22.8 Å². The molecule has 2 aliphatic heterocycles. The van der Waals surface area contributed by atoms with E-state index in [0.29, 0.717) is 57.2 Å². The number of amides is 2. The molecule has 2 saturated heterocycles. The quantitative estimate of drug-likeness (QED) is 0.746. The van der Waals surface area contributed by atoms with Crippen LogP contribution in [0, 0.1) is 5.92 Å². The topological polar surface area (TPSA) is 43.9 Å². The molecule has 0 bridgehead atoms. The average molecular weight is 411 g/mol. The molecule has 1 aromatic carbocycles. The molecule has 2 heterocycles. The predicted octanol–water partition coefficient (Wildman–Crippen LogP) is 3.39. The third-order valence-electron chi connectivity index (χ3n) is 5.73. The van der Waals surface area contributed by atoms with E-state index < -0.39 is 11.7 Å². The van der Waals surface area contributed by atoms with E-state index in [0.717, 1.165) is 18.6 Å². The Hall–Kier alpha value is -2.09. The molecule has 2 aliphatic rings. The van der Waals surface area contributed by atoms with Gasteiger partial charge >= 0.3 is 6.18 Å². The van der Waals surface area contributed by atoms with Crippen LogP contribution in [0.2, 0.25) is 0 Å². The Morgan fingerprint density at radius 3 is 2.24 bits per heavy atom. The lowest BCUT2D eigenvalue weighted by Gasteiger charge is -2.37. The smallest absolute Gasteiger partial charge is 0.340 e. The molecule has 5 nitrogen and oxygen atoms in total. The minimum Gasteiger partial charge on any atom is -0.340 e. The molecule has 0 aliphatic carbocycles. The second-order valence-electron chi connectivity index (χ2n) is 8.19. The van der Waals surface area contributed by atoms with Crippen molar-refractivity contribution in [3.8, 4) is 0 Å². The number of benzene rings is 1. The number of hydrogen-bond acceptors (Lipinski definition) is 3. The summed E-state index contributed by atoms with van der Waals surface area (Å²) in [7, 11) is 0. The van der Waals surface area contributed by atoms with Crippen LogP contribution in [0.25, 0.3) is 0 Å². The zero-order valence-corrected chi connectivity index (χ0v) is 16.9. The van der Waals surface area contributed by atoms with Crippen molar-refractivity contribution in [2.24, 2.45) is 5.92 Å². The minimum absolute atomic E-state index is 0.0793. The Labute approximate surface area is 169 Å². The van der Waals surface area contributed by atoms with Gasteiger partial charge < -0.3 is 9.80 Å². The summed E-state index contributed by atoms with van der Waals surface area (Å²) in [4.78, 5) is 30.7. The van der Waals surface area contributed by atoms with Crippen molar-refractivity contribution in [3.63, 3.8) is 0 Å². The van der Waals surface area contributed by atoms with E-state index in [1.54, 1.807) is 4.90 Å². The third-order valence-corrected chi connectivity index (χ3v) is 5.73.